The highest BCUT2D eigenvalue weighted by Crippen LogP contribution is 2.48. The van der Waals surface area contributed by atoms with Gasteiger partial charge in [-0.15, -0.1) is 0 Å². The van der Waals surface area contributed by atoms with Crippen molar-refractivity contribution in [3.63, 3.8) is 0 Å². The molecule has 3 aliphatic rings. The average molecular weight is 459 g/mol. The normalized spacial score (nSPS) is 24.0. The van der Waals surface area contributed by atoms with Gasteiger partial charge in [-0.3, -0.25) is 14.6 Å². The molecule has 1 saturated carbocycles. The first-order chi connectivity index (χ1) is 16.5. The highest BCUT2D eigenvalue weighted by Gasteiger charge is 2.60. The van der Waals surface area contributed by atoms with E-state index in [0.717, 1.165) is 33.5 Å². The monoisotopic (exact) mass is 458 g/mol. The number of benzene rings is 2. The van der Waals surface area contributed by atoms with E-state index >= 15 is 0 Å². The summed E-state index contributed by atoms with van der Waals surface area (Å²) in [4.78, 5) is 34.4. The number of H-pyrrole nitrogens is 1. The number of carbonyl (C=O) groups is 2. The first-order valence-electron chi connectivity index (χ1n) is 12.2. The lowest BCUT2D eigenvalue weighted by atomic mass is 9.81. The van der Waals surface area contributed by atoms with E-state index in [1.807, 2.05) is 67.3 Å². The number of urea groups is 1. The predicted octanol–water partition coefficient (Wildman–Crippen LogP) is 3.99. The number of imide groups is 1. The van der Waals surface area contributed by atoms with Crippen LogP contribution >= 0.6 is 0 Å². The van der Waals surface area contributed by atoms with E-state index < -0.39 is 5.54 Å². The summed E-state index contributed by atoms with van der Waals surface area (Å²) in [6, 6.07) is 16.0. The van der Waals surface area contributed by atoms with Crippen molar-refractivity contribution in [2.75, 3.05) is 19.7 Å². The largest absolute Gasteiger partial charge is 0.494 e. The molecule has 6 rings (SSSR count). The topological polar surface area (TPSA) is 77.7 Å². The van der Waals surface area contributed by atoms with E-state index in [4.69, 9.17) is 4.74 Å². The van der Waals surface area contributed by atoms with Gasteiger partial charge in [0.05, 0.1) is 6.61 Å². The maximum Gasteiger partial charge on any atom is 0.328 e. The van der Waals surface area contributed by atoms with Crippen LogP contribution < -0.4 is 10.1 Å². The molecule has 2 fully saturated rings. The van der Waals surface area contributed by atoms with Crippen LogP contribution in [-0.2, 0) is 11.2 Å². The molecule has 3 heterocycles. The number of fused-ring (bicyclic) bond motifs is 4. The molecule has 2 aliphatic heterocycles. The highest BCUT2D eigenvalue weighted by molar-refractivity contribution is 6.08. The van der Waals surface area contributed by atoms with Crippen molar-refractivity contribution in [1.29, 1.82) is 0 Å². The molecule has 0 radical (unpaired) electrons. The van der Waals surface area contributed by atoms with Crippen LogP contribution in [0.25, 0.3) is 10.9 Å². The zero-order valence-electron chi connectivity index (χ0n) is 19.6. The van der Waals surface area contributed by atoms with E-state index in [1.165, 1.54) is 17.7 Å². The van der Waals surface area contributed by atoms with Crippen LogP contribution in [0, 0.1) is 0 Å². The quantitative estimate of drug-likeness (QED) is 0.525. The number of nitrogens with one attached hydrogen (secondary N) is 2. The molecule has 7 nitrogen and oxygen atoms in total. The molecule has 1 aliphatic carbocycles. The Labute approximate surface area is 199 Å². The van der Waals surface area contributed by atoms with Crippen molar-refractivity contribution in [3.05, 3.63) is 65.4 Å². The third-order valence-electron chi connectivity index (χ3n) is 7.41. The molecule has 0 unspecified atom stereocenters. The van der Waals surface area contributed by atoms with Gasteiger partial charge >= 0.3 is 6.03 Å². The second kappa shape index (κ2) is 7.87. The van der Waals surface area contributed by atoms with Crippen molar-refractivity contribution >= 4 is 22.8 Å². The van der Waals surface area contributed by atoms with E-state index in [9.17, 15) is 9.59 Å². The molecule has 7 heteroatoms. The predicted molar refractivity (Wildman–Crippen MR) is 130 cm³/mol. The van der Waals surface area contributed by atoms with Crippen LogP contribution in [0.15, 0.2) is 48.5 Å². The summed E-state index contributed by atoms with van der Waals surface area (Å²) in [5, 5.41) is 4.48. The Morgan fingerprint density at radius 3 is 2.68 bits per heavy atom. The summed E-state index contributed by atoms with van der Waals surface area (Å²) in [7, 11) is 0. The molecule has 2 N–H and O–H groups in total. The summed E-state index contributed by atoms with van der Waals surface area (Å²) in [6.45, 7) is 5.51. The number of hydrogen-bond acceptors (Lipinski definition) is 4. The third kappa shape index (κ3) is 3.21. The van der Waals surface area contributed by atoms with E-state index in [2.05, 4.69) is 10.3 Å². The van der Waals surface area contributed by atoms with E-state index in [1.54, 1.807) is 0 Å². The number of hydrogen-bond donors (Lipinski definition) is 2. The number of nitrogens with zero attached hydrogens (tertiary/aromatic N) is 2. The number of carbonyl (C=O) groups excluding carboxylic acids is 2. The Morgan fingerprint density at radius 1 is 1.15 bits per heavy atom. The van der Waals surface area contributed by atoms with Crippen molar-refractivity contribution in [3.8, 4) is 5.75 Å². The van der Waals surface area contributed by atoms with Crippen LogP contribution in [0.3, 0.4) is 0 Å². The first kappa shape index (κ1) is 21.2. The number of ether oxygens (including phenoxy) is 1. The molecule has 3 aromatic rings. The van der Waals surface area contributed by atoms with Gasteiger partial charge in [-0.05, 0) is 56.0 Å². The Hall–Kier alpha value is -3.32. The highest BCUT2D eigenvalue weighted by atomic mass is 16.5. The van der Waals surface area contributed by atoms with Gasteiger partial charge in [0.1, 0.15) is 17.3 Å². The van der Waals surface area contributed by atoms with Gasteiger partial charge in [0, 0.05) is 42.1 Å². The number of rotatable bonds is 7. The van der Waals surface area contributed by atoms with Gasteiger partial charge in [-0.1, -0.05) is 30.3 Å². The Balaban J connectivity index is 1.46. The lowest BCUT2D eigenvalue weighted by Crippen LogP contribution is -2.53. The smallest absolute Gasteiger partial charge is 0.328 e. The molecule has 3 amide bonds. The lowest BCUT2D eigenvalue weighted by Gasteiger charge is -2.42. The van der Waals surface area contributed by atoms with Crippen molar-refractivity contribution < 1.29 is 14.3 Å². The summed E-state index contributed by atoms with van der Waals surface area (Å²) in [6.07, 6.45) is 2.82. The summed E-state index contributed by atoms with van der Waals surface area (Å²) < 4.78 is 5.76. The zero-order valence-corrected chi connectivity index (χ0v) is 19.6. The molecule has 1 aromatic heterocycles. The Morgan fingerprint density at radius 2 is 1.94 bits per heavy atom. The standard InChI is InChI=1S/C27H30N4O3/c1-3-34-19-11-12-22-20(15-19)21-16-27(2)25(32)30(14-13-28-18-9-10-18)26(33)31(27)24(23(21)29-22)17-7-5-4-6-8-17/h4-8,11-12,15,18,24,28-29H,3,9-10,13-14,16H2,1-2H3/t24-,27+/m1/s1. The average Bonchev–Trinajstić information content (AvgIpc) is 3.57. The first-order valence-corrected chi connectivity index (χ1v) is 12.2. The fourth-order valence-corrected chi connectivity index (χ4v) is 5.60. The van der Waals surface area contributed by atoms with E-state index in [0.29, 0.717) is 32.2 Å². The van der Waals surface area contributed by atoms with Crippen LogP contribution in [0.2, 0.25) is 0 Å². The Bertz CT molecular complexity index is 1270. The number of amides is 3. The fraction of sp³-hybridized carbons (Fsp3) is 0.407. The minimum atomic E-state index is -0.944. The van der Waals surface area contributed by atoms with Crippen LogP contribution in [-0.4, -0.2) is 58.0 Å². The van der Waals surface area contributed by atoms with Gasteiger partial charge in [-0.2, -0.15) is 0 Å². The van der Waals surface area contributed by atoms with E-state index in [-0.39, 0.29) is 18.0 Å². The minimum absolute atomic E-state index is 0.114. The molecular weight excluding hydrogens is 428 g/mol. The summed E-state index contributed by atoms with van der Waals surface area (Å²) >= 11 is 0. The summed E-state index contributed by atoms with van der Waals surface area (Å²) in [5.74, 6) is 0.694. The number of aromatic amines is 1. The molecule has 2 atom stereocenters. The molecular formula is C27H30N4O3. The fourth-order valence-electron chi connectivity index (χ4n) is 5.60. The number of aromatic nitrogens is 1. The zero-order chi connectivity index (χ0) is 23.4. The van der Waals surface area contributed by atoms with Crippen LogP contribution in [0.4, 0.5) is 4.79 Å². The Kier molecular flexibility index (Phi) is 4.92. The second-order valence-electron chi connectivity index (χ2n) is 9.76. The van der Waals surface area contributed by atoms with Gasteiger partial charge < -0.3 is 15.0 Å². The van der Waals surface area contributed by atoms with Gasteiger partial charge in [-0.25, -0.2) is 4.79 Å². The third-order valence-corrected chi connectivity index (χ3v) is 7.41. The van der Waals surface area contributed by atoms with Gasteiger partial charge in [0.2, 0.25) is 0 Å². The van der Waals surface area contributed by atoms with Crippen LogP contribution in [0.1, 0.15) is 49.6 Å². The van der Waals surface area contributed by atoms with Gasteiger partial charge in [0.15, 0.2) is 0 Å². The lowest BCUT2D eigenvalue weighted by molar-refractivity contribution is -0.133. The van der Waals surface area contributed by atoms with Crippen molar-refractivity contribution in [2.24, 2.45) is 0 Å². The molecule has 34 heavy (non-hydrogen) atoms. The van der Waals surface area contributed by atoms with Gasteiger partial charge in [0.25, 0.3) is 5.91 Å². The minimum Gasteiger partial charge on any atom is -0.494 e. The molecule has 176 valence electrons. The maximum absolute atomic E-state index is 13.8. The molecule has 1 saturated heterocycles. The summed E-state index contributed by atoms with van der Waals surface area (Å²) in [5.41, 5.74) is 3.10. The second-order valence-corrected chi connectivity index (χ2v) is 9.76. The maximum atomic E-state index is 13.8. The molecule has 0 spiro atoms. The van der Waals surface area contributed by atoms with Crippen molar-refractivity contribution in [1.82, 2.24) is 20.1 Å². The van der Waals surface area contributed by atoms with Crippen molar-refractivity contribution in [2.45, 2.75) is 50.7 Å². The van der Waals surface area contributed by atoms with Crippen LogP contribution in [0.5, 0.6) is 5.75 Å². The SMILES string of the molecule is CCOc1ccc2[nH]c3c(c2c1)C[C@@]1(C)C(=O)N(CCNC2CC2)C(=O)N1[C@@H]3c1ccccc1. The molecule has 0 bridgehead atoms. The molecule has 2 aromatic carbocycles.